The molecule has 32 heavy (non-hydrogen) atoms. The van der Waals surface area contributed by atoms with Gasteiger partial charge in [0.05, 0.1) is 18.5 Å². The van der Waals surface area contributed by atoms with E-state index < -0.39 is 23.6 Å². The van der Waals surface area contributed by atoms with Crippen LogP contribution in [0.2, 0.25) is 0 Å². The minimum Gasteiger partial charge on any atom is -0.493 e. The Balaban J connectivity index is 1.66. The van der Waals surface area contributed by atoms with Gasteiger partial charge in [0.2, 0.25) is 0 Å². The molecule has 10 heteroatoms. The number of hydrogen-bond acceptors (Lipinski definition) is 7. The van der Waals surface area contributed by atoms with E-state index in [4.69, 9.17) is 9.47 Å². The molecule has 1 heterocycles. The molecular formula is C22H18FN3O5S. The molecular weight excluding hydrogens is 437 g/mol. The van der Waals surface area contributed by atoms with Gasteiger partial charge in [-0.05, 0) is 48.7 Å². The molecule has 3 aromatic rings. The lowest BCUT2D eigenvalue weighted by molar-refractivity contribution is -0.136. The molecule has 0 spiro atoms. The van der Waals surface area contributed by atoms with Crippen LogP contribution in [-0.4, -0.2) is 30.6 Å². The van der Waals surface area contributed by atoms with Crippen LogP contribution in [0.25, 0.3) is 0 Å². The van der Waals surface area contributed by atoms with E-state index in [9.17, 15) is 18.8 Å². The van der Waals surface area contributed by atoms with Crippen molar-refractivity contribution in [2.75, 3.05) is 12.4 Å². The van der Waals surface area contributed by atoms with Crippen LogP contribution in [0.4, 0.5) is 10.1 Å². The Labute approximate surface area is 186 Å². The van der Waals surface area contributed by atoms with Crippen molar-refractivity contribution in [2.45, 2.75) is 6.92 Å². The van der Waals surface area contributed by atoms with Gasteiger partial charge in [-0.2, -0.15) is 5.10 Å². The van der Waals surface area contributed by atoms with E-state index in [0.29, 0.717) is 16.2 Å². The topological polar surface area (TPSA) is 106 Å². The molecule has 0 aliphatic rings. The molecule has 0 radical (unpaired) electrons. The lowest BCUT2D eigenvalue weighted by atomic mass is 10.1. The number of rotatable bonds is 6. The summed E-state index contributed by atoms with van der Waals surface area (Å²) in [6, 6.07) is 13.6. The summed E-state index contributed by atoms with van der Waals surface area (Å²) in [5, 5.41) is 7.82. The molecule has 3 rings (SSSR count). The van der Waals surface area contributed by atoms with Crippen molar-refractivity contribution >= 4 is 40.5 Å². The second-order valence-electron chi connectivity index (χ2n) is 6.30. The number of esters is 1. The average molecular weight is 455 g/mol. The van der Waals surface area contributed by atoms with Crippen molar-refractivity contribution in [3.63, 3.8) is 0 Å². The zero-order chi connectivity index (χ0) is 23.1. The van der Waals surface area contributed by atoms with E-state index in [1.165, 1.54) is 42.7 Å². The van der Waals surface area contributed by atoms with E-state index in [1.807, 2.05) is 0 Å². The first kappa shape index (κ1) is 22.6. The molecule has 2 N–H and O–H groups in total. The first-order valence-corrected chi connectivity index (χ1v) is 10.1. The Morgan fingerprint density at radius 1 is 1.00 bits per heavy atom. The van der Waals surface area contributed by atoms with Crippen LogP contribution < -0.4 is 20.2 Å². The quantitative estimate of drug-likeness (QED) is 0.194. The second kappa shape index (κ2) is 10.3. The highest BCUT2D eigenvalue weighted by molar-refractivity contribution is 7.12. The summed E-state index contributed by atoms with van der Waals surface area (Å²) < 4.78 is 24.2. The smallest absolute Gasteiger partial charge is 0.353 e. The van der Waals surface area contributed by atoms with E-state index in [-0.39, 0.29) is 17.2 Å². The number of anilines is 1. The van der Waals surface area contributed by atoms with Crippen molar-refractivity contribution in [2.24, 2.45) is 5.10 Å². The van der Waals surface area contributed by atoms with Crippen molar-refractivity contribution in [3.05, 3.63) is 76.2 Å². The van der Waals surface area contributed by atoms with Gasteiger partial charge < -0.3 is 14.8 Å². The average Bonchev–Trinajstić information content (AvgIpc) is 3.34. The standard InChI is InChI=1S/C22H18FN3O5S/c1-13(25-26-21(28)20(27)24-16-7-4-3-6-15(16)23)14-9-10-17(18(12-14)30-2)31-22(29)19-8-5-11-32-19/h3-12H,1-2H3,(H,24,27)(H,26,28). The number of halogens is 1. The summed E-state index contributed by atoms with van der Waals surface area (Å²) >= 11 is 1.26. The summed E-state index contributed by atoms with van der Waals surface area (Å²) in [5.74, 6) is -2.81. The molecule has 2 amide bonds. The van der Waals surface area contributed by atoms with Gasteiger partial charge in [0.25, 0.3) is 0 Å². The first-order chi connectivity index (χ1) is 15.4. The molecule has 164 valence electrons. The number of ether oxygens (including phenoxy) is 2. The van der Waals surface area contributed by atoms with E-state index >= 15 is 0 Å². The largest absolute Gasteiger partial charge is 0.493 e. The molecule has 1 aromatic heterocycles. The summed E-state index contributed by atoms with van der Waals surface area (Å²) in [4.78, 5) is 36.5. The van der Waals surface area contributed by atoms with Crippen LogP contribution in [0.15, 0.2) is 65.1 Å². The van der Waals surface area contributed by atoms with Crippen molar-refractivity contribution in [1.29, 1.82) is 0 Å². The Hall–Kier alpha value is -4.05. The second-order valence-corrected chi connectivity index (χ2v) is 7.25. The van der Waals surface area contributed by atoms with Gasteiger partial charge in [0, 0.05) is 5.56 Å². The fourth-order valence-electron chi connectivity index (χ4n) is 2.51. The molecule has 0 saturated heterocycles. The Bertz CT molecular complexity index is 1180. The highest BCUT2D eigenvalue weighted by atomic mass is 32.1. The SMILES string of the molecule is COc1cc(C(C)=NNC(=O)C(=O)Nc2ccccc2F)ccc1OC(=O)c1cccs1. The number of carbonyl (C=O) groups is 3. The zero-order valence-corrected chi connectivity index (χ0v) is 17.9. The van der Waals surface area contributed by atoms with Crippen molar-refractivity contribution in [3.8, 4) is 11.5 Å². The van der Waals surface area contributed by atoms with Gasteiger partial charge in [-0.3, -0.25) is 9.59 Å². The molecule has 0 fully saturated rings. The highest BCUT2D eigenvalue weighted by Gasteiger charge is 2.16. The number of methoxy groups -OCH3 is 1. The number of carbonyl (C=O) groups excluding carboxylic acids is 3. The van der Waals surface area contributed by atoms with Crippen molar-refractivity contribution in [1.82, 2.24) is 5.43 Å². The number of benzene rings is 2. The number of hydrogen-bond donors (Lipinski definition) is 2. The third kappa shape index (κ3) is 5.55. The van der Waals surface area contributed by atoms with E-state index in [0.717, 1.165) is 6.07 Å². The lowest BCUT2D eigenvalue weighted by Crippen LogP contribution is -2.33. The zero-order valence-electron chi connectivity index (χ0n) is 17.0. The Morgan fingerprint density at radius 3 is 2.47 bits per heavy atom. The molecule has 0 atom stereocenters. The van der Waals surface area contributed by atoms with Gasteiger partial charge in [-0.25, -0.2) is 14.6 Å². The molecule has 0 saturated carbocycles. The normalized spacial score (nSPS) is 10.9. The minimum atomic E-state index is -1.07. The van der Waals surface area contributed by atoms with E-state index in [2.05, 4.69) is 15.8 Å². The molecule has 0 unspecified atom stereocenters. The van der Waals surface area contributed by atoms with Crippen LogP contribution in [-0.2, 0) is 9.59 Å². The van der Waals surface area contributed by atoms with Gasteiger partial charge >= 0.3 is 17.8 Å². The molecule has 0 aliphatic carbocycles. The number of nitrogens with zero attached hydrogens (tertiary/aromatic N) is 1. The fraction of sp³-hybridized carbons (Fsp3) is 0.0909. The van der Waals surface area contributed by atoms with E-state index in [1.54, 1.807) is 36.6 Å². The summed E-state index contributed by atoms with van der Waals surface area (Å²) in [5.41, 5.74) is 2.90. The number of hydrazone groups is 1. The van der Waals surface area contributed by atoms with Crippen LogP contribution in [0, 0.1) is 5.82 Å². The van der Waals surface area contributed by atoms with Gasteiger partial charge in [-0.15, -0.1) is 11.3 Å². The highest BCUT2D eigenvalue weighted by Crippen LogP contribution is 2.29. The number of amides is 2. The monoisotopic (exact) mass is 455 g/mol. The maximum atomic E-state index is 13.6. The summed E-state index contributed by atoms with van der Waals surface area (Å²) in [6.07, 6.45) is 0. The molecule has 2 aromatic carbocycles. The minimum absolute atomic E-state index is 0.120. The van der Waals surface area contributed by atoms with Crippen LogP contribution in [0.1, 0.15) is 22.2 Å². The van der Waals surface area contributed by atoms with Crippen molar-refractivity contribution < 1.29 is 28.2 Å². The molecule has 8 nitrogen and oxygen atoms in total. The number of thiophene rings is 1. The Morgan fingerprint density at radius 2 is 1.78 bits per heavy atom. The van der Waals surface area contributed by atoms with Gasteiger partial charge in [0.1, 0.15) is 10.7 Å². The van der Waals surface area contributed by atoms with Crippen LogP contribution in [0.3, 0.4) is 0 Å². The third-order valence-corrected chi connectivity index (χ3v) is 5.01. The van der Waals surface area contributed by atoms with Crippen LogP contribution in [0.5, 0.6) is 11.5 Å². The predicted octanol–water partition coefficient (Wildman–Crippen LogP) is 3.59. The number of nitrogens with one attached hydrogen (secondary N) is 2. The lowest BCUT2D eigenvalue weighted by Gasteiger charge is -2.11. The summed E-state index contributed by atoms with van der Waals surface area (Å²) in [7, 11) is 1.42. The Kier molecular flexibility index (Phi) is 7.29. The maximum absolute atomic E-state index is 13.6. The molecule has 0 bridgehead atoms. The van der Waals surface area contributed by atoms with Crippen LogP contribution >= 0.6 is 11.3 Å². The maximum Gasteiger partial charge on any atom is 0.353 e. The third-order valence-electron chi connectivity index (χ3n) is 4.16. The number of para-hydroxylation sites is 1. The van der Waals surface area contributed by atoms with Gasteiger partial charge in [-0.1, -0.05) is 18.2 Å². The van der Waals surface area contributed by atoms with Gasteiger partial charge in [0.15, 0.2) is 11.5 Å². The fourth-order valence-corrected chi connectivity index (χ4v) is 3.11. The molecule has 0 aliphatic heterocycles. The first-order valence-electron chi connectivity index (χ1n) is 9.23. The summed E-state index contributed by atoms with van der Waals surface area (Å²) in [6.45, 7) is 1.60. The predicted molar refractivity (Wildman–Crippen MR) is 118 cm³/mol.